The summed E-state index contributed by atoms with van der Waals surface area (Å²) in [6, 6.07) is 1.93. The second-order valence-corrected chi connectivity index (χ2v) is 4.22. The molecule has 1 aliphatic rings. The van der Waals surface area contributed by atoms with E-state index in [1.807, 2.05) is 6.07 Å². The fourth-order valence-electron chi connectivity index (χ4n) is 1.78. The van der Waals surface area contributed by atoms with Crippen molar-refractivity contribution in [3.8, 4) is 0 Å². The van der Waals surface area contributed by atoms with Crippen molar-refractivity contribution in [2.75, 3.05) is 50.5 Å². The molecule has 0 saturated carbocycles. The van der Waals surface area contributed by atoms with E-state index in [0.29, 0.717) is 0 Å². The largest absolute Gasteiger partial charge is 0.370 e. The molecule has 1 aliphatic heterocycles. The molecule has 2 rings (SSSR count). The molecular formula is C11H20N6. The second kappa shape index (κ2) is 5.79. The van der Waals surface area contributed by atoms with Crippen molar-refractivity contribution < 1.29 is 0 Å². The summed E-state index contributed by atoms with van der Waals surface area (Å²) in [6.07, 6.45) is 1.58. The van der Waals surface area contributed by atoms with E-state index in [1.165, 1.54) is 0 Å². The Morgan fingerprint density at radius 1 is 1.18 bits per heavy atom. The predicted octanol–water partition coefficient (Wildman–Crippen LogP) is 0.483. The summed E-state index contributed by atoms with van der Waals surface area (Å²) in [6.45, 7) is 7.10. The molecule has 0 bridgehead atoms. The third-order valence-electron chi connectivity index (χ3n) is 2.80. The number of hydrazine groups is 1. The lowest BCUT2D eigenvalue weighted by atomic mass is 10.4. The Hall–Kier alpha value is -1.40. The summed E-state index contributed by atoms with van der Waals surface area (Å²) in [5.41, 5.74) is 3.32. The van der Waals surface area contributed by atoms with Gasteiger partial charge in [-0.3, -0.25) is 0 Å². The highest BCUT2D eigenvalue weighted by Crippen LogP contribution is 2.10. The maximum Gasteiger partial charge on any atom is 0.145 e. The van der Waals surface area contributed by atoms with E-state index in [2.05, 4.69) is 44.6 Å². The van der Waals surface area contributed by atoms with Crippen molar-refractivity contribution in [1.82, 2.24) is 19.9 Å². The van der Waals surface area contributed by atoms with E-state index >= 15 is 0 Å². The fraction of sp³-hybridized carbons (Fsp3) is 0.636. The Bertz CT molecular complexity index is 348. The minimum Gasteiger partial charge on any atom is -0.370 e. The predicted molar refractivity (Wildman–Crippen MR) is 68.9 cm³/mol. The lowest BCUT2D eigenvalue weighted by Crippen LogP contribution is -2.47. The molecule has 1 aromatic heterocycles. The van der Waals surface area contributed by atoms with Crippen molar-refractivity contribution in [3.05, 3.63) is 12.4 Å². The molecule has 0 spiro atoms. The molecule has 6 heteroatoms. The molecule has 1 aromatic rings. The standard InChI is InChI=1S/C11H20N6/c1-3-12-10-8-11(14-9-13-10)15-17-6-4-16(2)5-7-17/h8-9H,3-7H2,1-2H3,(H2,12,13,14,15). The van der Waals surface area contributed by atoms with Gasteiger partial charge in [-0.25, -0.2) is 15.0 Å². The molecule has 6 nitrogen and oxygen atoms in total. The van der Waals surface area contributed by atoms with Gasteiger partial charge in [0, 0.05) is 38.8 Å². The zero-order valence-electron chi connectivity index (χ0n) is 10.5. The fourth-order valence-corrected chi connectivity index (χ4v) is 1.78. The number of aromatic nitrogens is 2. The monoisotopic (exact) mass is 236 g/mol. The van der Waals surface area contributed by atoms with Gasteiger partial charge in [0.15, 0.2) is 0 Å². The van der Waals surface area contributed by atoms with E-state index in [1.54, 1.807) is 6.33 Å². The molecule has 0 amide bonds. The first-order chi connectivity index (χ1) is 8.28. The smallest absolute Gasteiger partial charge is 0.145 e. The van der Waals surface area contributed by atoms with E-state index in [0.717, 1.165) is 44.4 Å². The van der Waals surface area contributed by atoms with Gasteiger partial charge in [0.25, 0.3) is 0 Å². The normalized spacial score (nSPS) is 18.0. The van der Waals surface area contributed by atoms with Gasteiger partial charge in [0.2, 0.25) is 0 Å². The average molecular weight is 236 g/mol. The lowest BCUT2D eigenvalue weighted by Gasteiger charge is -2.32. The SMILES string of the molecule is CCNc1cc(NN2CCN(C)CC2)ncn1. The molecule has 2 N–H and O–H groups in total. The first-order valence-electron chi connectivity index (χ1n) is 6.04. The molecule has 2 heterocycles. The molecule has 0 radical (unpaired) electrons. The number of nitrogens with zero attached hydrogens (tertiary/aromatic N) is 4. The van der Waals surface area contributed by atoms with Crippen LogP contribution in [0, 0.1) is 0 Å². The van der Waals surface area contributed by atoms with Crippen LogP contribution >= 0.6 is 0 Å². The van der Waals surface area contributed by atoms with Crippen LogP contribution in [0.15, 0.2) is 12.4 Å². The van der Waals surface area contributed by atoms with Gasteiger partial charge in [0.05, 0.1) is 0 Å². The van der Waals surface area contributed by atoms with Crippen LogP contribution in [0.4, 0.5) is 11.6 Å². The van der Waals surface area contributed by atoms with Crippen LogP contribution in [0.5, 0.6) is 0 Å². The molecular weight excluding hydrogens is 216 g/mol. The number of rotatable bonds is 4. The quantitative estimate of drug-likeness (QED) is 0.793. The zero-order chi connectivity index (χ0) is 12.1. The molecule has 1 saturated heterocycles. The van der Waals surface area contributed by atoms with Crippen LogP contribution in [0.25, 0.3) is 0 Å². The number of nitrogens with one attached hydrogen (secondary N) is 2. The van der Waals surface area contributed by atoms with Crippen molar-refractivity contribution in [1.29, 1.82) is 0 Å². The Morgan fingerprint density at radius 2 is 1.88 bits per heavy atom. The van der Waals surface area contributed by atoms with Gasteiger partial charge in [-0.05, 0) is 14.0 Å². The van der Waals surface area contributed by atoms with Crippen molar-refractivity contribution >= 4 is 11.6 Å². The van der Waals surface area contributed by atoms with Crippen molar-refractivity contribution in [2.24, 2.45) is 0 Å². The highest BCUT2D eigenvalue weighted by Gasteiger charge is 2.13. The summed E-state index contributed by atoms with van der Waals surface area (Å²) in [5, 5.41) is 5.37. The van der Waals surface area contributed by atoms with Crippen LogP contribution in [0.2, 0.25) is 0 Å². The third kappa shape index (κ3) is 3.54. The van der Waals surface area contributed by atoms with Crippen LogP contribution in [-0.4, -0.2) is 59.6 Å². The molecule has 1 fully saturated rings. The summed E-state index contributed by atoms with van der Waals surface area (Å²) in [4.78, 5) is 10.7. The Balaban J connectivity index is 1.91. The van der Waals surface area contributed by atoms with Crippen LogP contribution < -0.4 is 10.7 Å². The highest BCUT2D eigenvalue weighted by molar-refractivity contribution is 5.45. The van der Waals surface area contributed by atoms with Gasteiger partial charge in [-0.2, -0.15) is 0 Å². The maximum absolute atomic E-state index is 4.22. The number of piperazine rings is 1. The number of anilines is 2. The Morgan fingerprint density at radius 3 is 2.59 bits per heavy atom. The first kappa shape index (κ1) is 12.1. The van der Waals surface area contributed by atoms with Crippen LogP contribution in [0.1, 0.15) is 6.92 Å². The maximum atomic E-state index is 4.22. The van der Waals surface area contributed by atoms with Gasteiger partial charge < -0.3 is 15.6 Å². The summed E-state index contributed by atoms with van der Waals surface area (Å²) in [5.74, 6) is 1.71. The minimum atomic E-state index is 0.848. The summed E-state index contributed by atoms with van der Waals surface area (Å²) in [7, 11) is 2.14. The summed E-state index contributed by atoms with van der Waals surface area (Å²) >= 11 is 0. The van der Waals surface area contributed by atoms with Crippen LogP contribution in [-0.2, 0) is 0 Å². The summed E-state index contributed by atoms with van der Waals surface area (Å²) < 4.78 is 0. The topological polar surface area (TPSA) is 56.3 Å². The lowest BCUT2D eigenvalue weighted by molar-refractivity contribution is 0.178. The van der Waals surface area contributed by atoms with Gasteiger partial charge in [-0.1, -0.05) is 0 Å². The highest BCUT2D eigenvalue weighted by atomic mass is 15.5. The van der Waals surface area contributed by atoms with Gasteiger partial charge >= 0.3 is 0 Å². The molecule has 17 heavy (non-hydrogen) atoms. The van der Waals surface area contributed by atoms with Crippen LogP contribution in [0.3, 0.4) is 0 Å². The zero-order valence-corrected chi connectivity index (χ0v) is 10.5. The van der Waals surface area contributed by atoms with E-state index in [4.69, 9.17) is 0 Å². The third-order valence-corrected chi connectivity index (χ3v) is 2.80. The molecule has 0 unspecified atom stereocenters. The van der Waals surface area contributed by atoms with E-state index in [9.17, 15) is 0 Å². The first-order valence-corrected chi connectivity index (χ1v) is 6.04. The van der Waals surface area contributed by atoms with Gasteiger partial charge in [-0.15, -0.1) is 0 Å². The molecule has 0 aliphatic carbocycles. The molecule has 94 valence electrons. The minimum absolute atomic E-state index is 0.848. The number of hydrogen-bond donors (Lipinski definition) is 2. The second-order valence-electron chi connectivity index (χ2n) is 4.22. The van der Waals surface area contributed by atoms with E-state index < -0.39 is 0 Å². The number of hydrogen-bond acceptors (Lipinski definition) is 6. The van der Waals surface area contributed by atoms with Gasteiger partial charge in [0.1, 0.15) is 18.0 Å². The van der Waals surface area contributed by atoms with Crippen molar-refractivity contribution in [3.63, 3.8) is 0 Å². The Labute approximate surface area is 102 Å². The molecule has 0 atom stereocenters. The molecule has 0 aromatic carbocycles. The average Bonchev–Trinajstić information content (AvgIpc) is 2.33. The van der Waals surface area contributed by atoms with E-state index in [-0.39, 0.29) is 0 Å². The van der Waals surface area contributed by atoms with Crippen molar-refractivity contribution in [2.45, 2.75) is 6.92 Å². The number of likely N-dealkylation sites (N-methyl/N-ethyl adjacent to an activating group) is 1. The Kier molecular flexibility index (Phi) is 4.11.